The lowest BCUT2D eigenvalue weighted by Gasteiger charge is -2.04. The summed E-state index contributed by atoms with van der Waals surface area (Å²) in [5.41, 5.74) is -0.340. The van der Waals surface area contributed by atoms with Gasteiger partial charge in [0.2, 0.25) is 10.0 Å². The Morgan fingerprint density at radius 2 is 2.00 bits per heavy atom. The van der Waals surface area contributed by atoms with Gasteiger partial charge in [-0.25, -0.2) is 18.1 Å². The number of rotatable bonds is 5. The minimum atomic E-state index is -4.54. The highest BCUT2D eigenvalue weighted by molar-refractivity contribution is 7.89. The summed E-state index contributed by atoms with van der Waals surface area (Å²) in [6.45, 7) is 3.45. The maximum absolute atomic E-state index is 12.7. The van der Waals surface area contributed by atoms with Crippen molar-refractivity contribution in [3.05, 3.63) is 38.8 Å². The van der Waals surface area contributed by atoms with Gasteiger partial charge in [-0.15, -0.1) is 22.7 Å². The maximum atomic E-state index is 12.7. The molecule has 0 radical (unpaired) electrons. The smallest absolute Gasteiger partial charge is 0.273 e. The van der Waals surface area contributed by atoms with Crippen LogP contribution in [0.5, 0.6) is 0 Å². The number of alkyl halides is 3. The van der Waals surface area contributed by atoms with E-state index in [2.05, 4.69) is 14.8 Å². The first-order valence-electron chi connectivity index (χ1n) is 7.20. The number of aromatic nitrogens is 3. The molecule has 26 heavy (non-hydrogen) atoms. The average molecular weight is 422 g/mol. The molecule has 0 bridgehead atoms. The highest BCUT2D eigenvalue weighted by Gasteiger charge is 2.33. The van der Waals surface area contributed by atoms with E-state index in [1.54, 1.807) is 12.3 Å². The Bertz CT molecular complexity index is 1030. The van der Waals surface area contributed by atoms with Gasteiger partial charge < -0.3 is 0 Å². The minimum Gasteiger partial charge on any atom is -0.273 e. The lowest BCUT2D eigenvalue weighted by Crippen LogP contribution is -2.23. The number of sulfonamides is 1. The van der Waals surface area contributed by atoms with Gasteiger partial charge in [0.25, 0.3) is 0 Å². The Kier molecular flexibility index (Phi) is 4.94. The molecule has 0 atom stereocenters. The lowest BCUT2D eigenvalue weighted by molar-refractivity contribution is -0.141. The van der Waals surface area contributed by atoms with Crippen LogP contribution in [0, 0.1) is 13.8 Å². The van der Waals surface area contributed by atoms with Crippen molar-refractivity contribution in [2.75, 3.05) is 0 Å². The molecule has 3 aromatic heterocycles. The third kappa shape index (κ3) is 3.98. The van der Waals surface area contributed by atoms with Crippen molar-refractivity contribution < 1.29 is 21.6 Å². The second kappa shape index (κ2) is 6.76. The fourth-order valence-corrected chi connectivity index (χ4v) is 5.35. The molecule has 3 rings (SSSR count). The van der Waals surface area contributed by atoms with Gasteiger partial charge >= 0.3 is 6.18 Å². The zero-order valence-corrected chi connectivity index (χ0v) is 16.0. The van der Waals surface area contributed by atoms with Gasteiger partial charge in [-0.3, -0.25) is 5.10 Å². The van der Waals surface area contributed by atoms with Crippen LogP contribution in [0.25, 0.3) is 10.6 Å². The molecular formula is C14H13F3N4O2S3. The van der Waals surface area contributed by atoms with Crippen LogP contribution < -0.4 is 4.72 Å². The summed E-state index contributed by atoms with van der Waals surface area (Å²) < 4.78 is 65.5. The van der Waals surface area contributed by atoms with E-state index >= 15 is 0 Å². The monoisotopic (exact) mass is 422 g/mol. The van der Waals surface area contributed by atoms with Crippen LogP contribution in [0.15, 0.2) is 22.4 Å². The van der Waals surface area contributed by atoms with Crippen LogP contribution in [-0.4, -0.2) is 23.6 Å². The van der Waals surface area contributed by atoms with Crippen molar-refractivity contribution in [3.8, 4) is 10.6 Å². The molecule has 140 valence electrons. The van der Waals surface area contributed by atoms with Crippen LogP contribution in [0.2, 0.25) is 0 Å². The Morgan fingerprint density at radius 1 is 1.27 bits per heavy atom. The number of aryl methyl sites for hydroxylation is 2. The van der Waals surface area contributed by atoms with E-state index in [1.165, 1.54) is 17.4 Å². The van der Waals surface area contributed by atoms with E-state index in [9.17, 15) is 21.6 Å². The number of H-pyrrole nitrogens is 1. The Labute approximate surface area is 155 Å². The summed E-state index contributed by atoms with van der Waals surface area (Å²) in [6.07, 6.45) is -4.54. The van der Waals surface area contributed by atoms with Crippen LogP contribution in [0.3, 0.4) is 0 Å². The molecule has 0 aliphatic carbocycles. The molecule has 0 saturated heterocycles. The van der Waals surface area contributed by atoms with Crippen molar-refractivity contribution in [2.45, 2.75) is 31.5 Å². The minimum absolute atomic E-state index is 0.0148. The van der Waals surface area contributed by atoms with Gasteiger partial charge in [0.15, 0.2) is 0 Å². The van der Waals surface area contributed by atoms with E-state index in [-0.39, 0.29) is 17.1 Å². The van der Waals surface area contributed by atoms with Crippen molar-refractivity contribution in [1.82, 2.24) is 19.9 Å². The molecule has 6 nitrogen and oxygen atoms in total. The largest absolute Gasteiger partial charge is 0.432 e. The quantitative estimate of drug-likeness (QED) is 0.656. The Balaban J connectivity index is 1.84. The zero-order chi connectivity index (χ0) is 19.1. The van der Waals surface area contributed by atoms with E-state index in [0.29, 0.717) is 15.4 Å². The topological polar surface area (TPSA) is 87.7 Å². The number of thiophene rings is 1. The Morgan fingerprint density at radius 3 is 2.58 bits per heavy atom. The predicted octanol–water partition coefficient (Wildman–Crippen LogP) is 3.71. The molecule has 0 unspecified atom stereocenters. The van der Waals surface area contributed by atoms with Gasteiger partial charge in [-0.1, -0.05) is 0 Å². The standard InChI is InChI=1S/C14H13F3N4O2S3/c1-7-12(26(22,23)18-5-9-6-24-8(2)19-9)4-11(25-7)10-3-13(21-20-10)14(15,16)17/h3-4,6,18H,5H2,1-2H3,(H,20,21). The number of nitrogens with one attached hydrogen (secondary N) is 2. The van der Waals surface area contributed by atoms with Crippen molar-refractivity contribution >= 4 is 32.7 Å². The Hall–Kier alpha value is -1.76. The van der Waals surface area contributed by atoms with Crippen LogP contribution in [0.1, 0.15) is 21.3 Å². The number of thiazole rings is 1. The molecule has 0 fully saturated rings. The first-order chi connectivity index (χ1) is 12.1. The van der Waals surface area contributed by atoms with Gasteiger partial charge in [-0.05, 0) is 26.0 Å². The van der Waals surface area contributed by atoms with Crippen LogP contribution >= 0.6 is 22.7 Å². The first-order valence-corrected chi connectivity index (χ1v) is 10.4. The van der Waals surface area contributed by atoms with Crippen LogP contribution in [-0.2, 0) is 22.7 Å². The maximum Gasteiger partial charge on any atom is 0.432 e. The molecule has 0 amide bonds. The van der Waals surface area contributed by atoms with Crippen molar-refractivity contribution in [1.29, 1.82) is 0 Å². The number of hydrogen-bond acceptors (Lipinski definition) is 6. The van der Waals surface area contributed by atoms with Gasteiger partial charge in [0.1, 0.15) is 11.4 Å². The highest BCUT2D eigenvalue weighted by Crippen LogP contribution is 2.35. The SMILES string of the molecule is Cc1nc(CNS(=O)(=O)c2cc(-c3cc(C(F)(F)F)[nH]n3)sc2C)cs1. The second-order valence-corrected chi connectivity index (χ2v) is 9.43. The van der Waals surface area contributed by atoms with Crippen LogP contribution in [0.4, 0.5) is 13.2 Å². The zero-order valence-electron chi connectivity index (χ0n) is 13.5. The fraction of sp³-hybridized carbons (Fsp3) is 0.286. The van der Waals surface area contributed by atoms with Gasteiger partial charge in [0, 0.05) is 10.3 Å². The summed E-state index contributed by atoms with van der Waals surface area (Å²) >= 11 is 2.47. The molecule has 3 heterocycles. The molecule has 0 spiro atoms. The van der Waals surface area contributed by atoms with E-state index < -0.39 is 21.9 Å². The molecular weight excluding hydrogens is 409 g/mol. The van der Waals surface area contributed by atoms with E-state index in [4.69, 9.17) is 0 Å². The summed E-state index contributed by atoms with van der Waals surface area (Å²) in [4.78, 5) is 4.99. The molecule has 2 N–H and O–H groups in total. The lowest BCUT2D eigenvalue weighted by atomic mass is 10.3. The number of hydrogen-bond donors (Lipinski definition) is 2. The van der Waals surface area contributed by atoms with Crippen molar-refractivity contribution in [3.63, 3.8) is 0 Å². The molecule has 0 aliphatic heterocycles. The third-order valence-electron chi connectivity index (χ3n) is 3.41. The molecule has 0 saturated carbocycles. The van der Waals surface area contributed by atoms with E-state index in [0.717, 1.165) is 22.4 Å². The number of nitrogens with zero attached hydrogens (tertiary/aromatic N) is 2. The molecule has 3 aromatic rings. The number of halogens is 3. The summed E-state index contributed by atoms with van der Waals surface area (Å²) in [6, 6.07) is 2.18. The predicted molar refractivity (Wildman–Crippen MR) is 92.5 cm³/mol. The second-order valence-electron chi connectivity index (χ2n) is 5.38. The van der Waals surface area contributed by atoms with E-state index in [1.807, 2.05) is 12.0 Å². The highest BCUT2D eigenvalue weighted by atomic mass is 32.2. The van der Waals surface area contributed by atoms with Crippen molar-refractivity contribution in [2.24, 2.45) is 0 Å². The first kappa shape index (κ1) is 19.0. The summed E-state index contributed by atoms with van der Waals surface area (Å²) in [5.74, 6) is 0. The van der Waals surface area contributed by atoms with Gasteiger partial charge in [0.05, 0.1) is 27.0 Å². The summed E-state index contributed by atoms with van der Waals surface area (Å²) in [7, 11) is -3.82. The number of aromatic amines is 1. The normalized spacial score (nSPS) is 12.7. The third-order valence-corrected chi connectivity index (χ3v) is 6.96. The molecule has 0 aromatic carbocycles. The van der Waals surface area contributed by atoms with Gasteiger partial charge in [-0.2, -0.15) is 18.3 Å². The molecule has 0 aliphatic rings. The summed E-state index contributed by atoms with van der Waals surface area (Å²) in [5, 5.41) is 8.13. The average Bonchev–Trinajstić information content (AvgIpc) is 3.23. The molecule has 12 heteroatoms. The fourth-order valence-electron chi connectivity index (χ4n) is 2.19.